The van der Waals surface area contributed by atoms with Gasteiger partial charge < -0.3 is 15.2 Å². The zero-order valence-corrected chi connectivity index (χ0v) is 10.5. The molecule has 0 saturated carbocycles. The van der Waals surface area contributed by atoms with Gasteiger partial charge in [-0.25, -0.2) is 9.59 Å². The number of rotatable bonds is 1. The monoisotopic (exact) mass is 244 g/mol. The van der Waals surface area contributed by atoms with Gasteiger partial charge in [-0.3, -0.25) is 4.90 Å². The molecule has 98 valence electrons. The Morgan fingerprint density at radius 2 is 2.00 bits per heavy atom. The predicted octanol–water partition coefficient (Wildman–Crippen LogP) is 0.670. The first-order chi connectivity index (χ1) is 7.81. The lowest BCUT2D eigenvalue weighted by molar-refractivity contribution is -0.143. The number of carboxylic acid groups (broad SMARTS) is 1. The van der Waals surface area contributed by atoms with Crippen LogP contribution in [0.3, 0.4) is 0 Å². The molecule has 1 rings (SSSR count). The highest BCUT2D eigenvalue weighted by Gasteiger charge is 2.33. The lowest BCUT2D eigenvalue weighted by atomic mass is 10.2. The van der Waals surface area contributed by atoms with Crippen LogP contribution in [0.1, 0.15) is 27.2 Å². The molecule has 6 nitrogen and oxygen atoms in total. The van der Waals surface area contributed by atoms with Crippen LogP contribution in [0.15, 0.2) is 0 Å². The van der Waals surface area contributed by atoms with Crippen LogP contribution >= 0.6 is 0 Å². The number of ether oxygens (including phenoxy) is 1. The lowest BCUT2D eigenvalue weighted by Gasteiger charge is -2.29. The molecule has 0 aromatic rings. The number of hydrogen-bond acceptors (Lipinski definition) is 4. The van der Waals surface area contributed by atoms with E-state index in [0.29, 0.717) is 26.1 Å². The molecule has 6 heteroatoms. The van der Waals surface area contributed by atoms with Crippen LogP contribution in [0.4, 0.5) is 4.79 Å². The maximum Gasteiger partial charge on any atom is 0.411 e. The molecule has 1 unspecified atom stereocenters. The quantitative estimate of drug-likeness (QED) is 0.708. The highest BCUT2D eigenvalue weighted by atomic mass is 16.6. The van der Waals surface area contributed by atoms with E-state index < -0.39 is 23.7 Å². The summed E-state index contributed by atoms with van der Waals surface area (Å²) in [6, 6.07) is -0.806. The number of nitrogens with zero attached hydrogens (tertiary/aromatic N) is 1. The fraction of sp³-hybridized carbons (Fsp3) is 0.818. The van der Waals surface area contributed by atoms with Gasteiger partial charge in [0.1, 0.15) is 11.6 Å². The minimum Gasteiger partial charge on any atom is -0.480 e. The second-order valence-corrected chi connectivity index (χ2v) is 5.07. The van der Waals surface area contributed by atoms with Gasteiger partial charge in [0, 0.05) is 13.1 Å². The van der Waals surface area contributed by atoms with Crippen molar-refractivity contribution in [1.82, 2.24) is 10.2 Å². The summed E-state index contributed by atoms with van der Waals surface area (Å²) in [5, 5.41) is 12.2. The summed E-state index contributed by atoms with van der Waals surface area (Å²) in [5.74, 6) is -0.987. The average Bonchev–Trinajstić information content (AvgIpc) is 2.39. The van der Waals surface area contributed by atoms with Crippen molar-refractivity contribution in [2.24, 2.45) is 0 Å². The minimum atomic E-state index is -0.987. The van der Waals surface area contributed by atoms with Crippen molar-refractivity contribution in [1.29, 1.82) is 0 Å². The Kier molecular flexibility index (Phi) is 4.34. The van der Waals surface area contributed by atoms with E-state index in [1.54, 1.807) is 20.8 Å². The molecular weight excluding hydrogens is 224 g/mol. The van der Waals surface area contributed by atoms with Gasteiger partial charge in [0.2, 0.25) is 0 Å². The van der Waals surface area contributed by atoms with Crippen LogP contribution in [0.25, 0.3) is 0 Å². The topological polar surface area (TPSA) is 78.9 Å². The molecular formula is C11H20N2O4. The van der Waals surface area contributed by atoms with Gasteiger partial charge in [-0.05, 0) is 33.7 Å². The molecule has 0 aromatic carbocycles. The summed E-state index contributed by atoms with van der Waals surface area (Å²) in [5.41, 5.74) is -0.611. The third-order valence-electron chi connectivity index (χ3n) is 2.41. The van der Waals surface area contributed by atoms with Gasteiger partial charge in [-0.1, -0.05) is 0 Å². The molecule has 1 aliphatic heterocycles. The van der Waals surface area contributed by atoms with Crippen LogP contribution in [0.5, 0.6) is 0 Å². The lowest BCUT2D eigenvalue weighted by Crippen LogP contribution is -2.47. The average molecular weight is 244 g/mol. The van der Waals surface area contributed by atoms with E-state index in [0.717, 1.165) is 0 Å². The van der Waals surface area contributed by atoms with Gasteiger partial charge in [-0.15, -0.1) is 0 Å². The van der Waals surface area contributed by atoms with Crippen LogP contribution in [-0.2, 0) is 9.53 Å². The number of carbonyl (C=O) groups excluding carboxylic acids is 1. The molecule has 2 N–H and O–H groups in total. The first kappa shape index (κ1) is 13.8. The Labute approximate surface area is 101 Å². The molecule has 1 aliphatic rings. The summed E-state index contributed by atoms with van der Waals surface area (Å²) in [4.78, 5) is 24.3. The molecule has 17 heavy (non-hydrogen) atoms. The van der Waals surface area contributed by atoms with Crippen LogP contribution in [0.2, 0.25) is 0 Å². The summed E-state index contributed by atoms with van der Waals surface area (Å²) in [6.07, 6.45) is -0.164. The number of hydrogen-bond donors (Lipinski definition) is 2. The Hall–Kier alpha value is -1.30. The van der Waals surface area contributed by atoms with Crippen molar-refractivity contribution in [2.75, 3.05) is 19.6 Å². The van der Waals surface area contributed by atoms with Gasteiger partial charge in [-0.2, -0.15) is 0 Å². The zero-order valence-electron chi connectivity index (χ0n) is 10.5. The minimum absolute atomic E-state index is 0.353. The molecule has 1 heterocycles. The number of carbonyl (C=O) groups is 2. The fourth-order valence-corrected chi connectivity index (χ4v) is 1.67. The van der Waals surface area contributed by atoms with Crippen LogP contribution in [-0.4, -0.2) is 53.3 Å². The summed E-state index contributed by atoms with van der Waals surface area (Å²) in [6.45, 7) is 6.81. The molecule has 0 aromatic heterocycles. The highest BCUT2D eigenvalue weighted by Crippen LogP contribution is 2.14. The number of amides is 1. The van der Waals surface area contributed by atoms with Crippen molar-refractivity contribution in [2.45, 2.75) is 38.8 Å². The third kappa shape index (κ3) is 4.22. The normalized spacial score (nSPS) is 21.8. The van der Waals surface area contributed by atoms with Gasteiger partial charge in [0.05, 0.1) is 0 Å². The van der Waals surface area contributed by atoms with E-state index in [9.17, 15) is 9.59 Å². The van der Waals surface area contributed by atoms with E-state index in [1.165, 1.54) is 4.90 Å². The highest BCUT2D eigenvalue weighted by molar-refractivity contribution is 5.80. The smallest absolute Gasteiger partial charge is 0.411 e. The number of nitrogens with one attached hydrogen (secondary N) is 1. The van der Waals surface area contributed by atoms with Crippen molar-refractivity contribution >= 4 is 12.1 Å². The van der Waals surface area contributed by atoms with Gasteiger partial charge >= 0.3 is 12.1 Å². The SMILES string of the molecule is CC(C)(C)OC(=O)N1CCNCCC1C(=O)O. The molecule has 1 atom stereocenters. The largest absolute Gasteiger partial charge is 0.480 e. The third-order valence-corrected chi connectivity index (χ3v) is 2.41. The number of carboxylic acids is 1. The number of aliphatic carboxylic acids is 1. The molecule has 0 radical (unpaired) electrons. The molecule has 0 bridgehead atoms. The second-order valence-electron chi connectivity index (χ2n) is 5.07. The summed E-state index contributed by atoms with van der Waals surface area (Å²) >= 11 is 0. The molecule has 1 fully saturated rings. The van der Waals surface area contributed by atoms with Crippen molar-refractivity contribution < 1.29 is 19.4 Å². The van der Waals surface area contributed by atoms with Crippen LogP contribution in [0, 0.1) is 0 Å². The predicted molar refractivity (Wildman–Crippen MR) is 61.9 cm³/mol. The first-order valence-corrected chi connectivity index (χ1v) is 5.74. The molecule has 0 aliphatic carbocycles. The molecule has 1 amide bonds. The van der Waals surface area contributed by atoms with E-state index >= 15 is 0 Å². The van der Waals surface area contributed by atoms with Crippen LogP contribution < -0.4 is 5.32 Å². The Balaban J connectivity index is 2.75. The molecule has 0 spiro atoms. The fourth-order valence-electron chi connectivity index (χ4n) is 1.67. The van der Waals surface area contributed by atoms with E-state index in [2.05, 4.69) is 5.32 Å². The summed E-state index contributed by atoms with van der Waals surface area (Å²) < 4.78 is 5.21. The van der Waals surface area contributed by atoms with E-state index in [4.69, 9.17) is 9.84 Å². The Bertz CT molecular complexity index is 298. The van der Waals surface area contributed by atoms with Crippen molar-refractivity contribution in [3.05, 3.63) is 0 Å². The van der Waals surface area contributed by atoms with E-state index in [-0.39, 0.29) is 0 Å². The standard InChI is InChI=1S/C11H20N2O4/c1-11(2,3)17-10(16)13-7-6-12-5-4-8(13)9(14)15/h8,12H,4-7H2,1-3H3,(H,14,15). The zero-order chi connectivity index (χ0) is 13.1. The van der Waals surface area contributed by atoms with Crippen molar-refractivity contribution in [3.63, 3.8) is 0 Å². The Morgan fingerprint density at radius 1 is 1.35 bits per heavy atom. The molecule has 1 saturated heterocycles. The van der Waals surface area contributed by atoms with E-state index in [1.807, 2.05) is 0 Å². The first-order valence-electron chi connectivity index (χ1n) is 5.74. The maximum atomic E-state index is 11.9. The van der Waals surface area contributed by atoms with Gasteiger partial charge in [0.15, 0.2) is 0 Å². The maximum absolute atomic E-state index is 11.9. The Morgan fingerprint density at radius 3 is 2.53 bits per heavy atom. The van der Waals surface area contributed by atoms with Crippen molar-refractivity contribution in [3.8, 4) is 0 Å². The van der Waals surface area contributed by atoms with Gasteiger partial charge in [0.25, 0.3) is 0 Å². The summed E-state index contributed by atoms with van der Waals surface area (Å²) in [7, 11) is 0. The second kappa shape index (κ2) is 5.35.